The molecule has 4 nitrogen and oxygen atoms in total. The van der Waals surface area contributed by atoms with Gasteiger partial charge in [-0.05, 0) is 31.0 Å². The molecule has 0 aromatic heterocycles. The van der Waals surface area contributed by atoms with Crippen molar-refractivity contribution in [2.75, 3.05) is 12.4 Å². The maximum absolute atomic E-state index is 11.9. The van der Waals surface area contributed by atoms with Crippen LogP contribution in [0.1, 0.15) is 17.5 Å². The van der Waals surface area contributed by atoms with Crippen molar-refractivity contribution in [3.8, 4) is 6.07 Å². The molecule has 0 fully saturated rings. The molecule has 0 spiro atoms. The zero-order valence-corrected chi connectivity index (χ0v) is 11.0. The molecule has 1 N–H and O–H groups in total. The van der Waals surface area contributed by atoms with Crippen LogP contribution in [0.2, 0.25) is 0 Å². The Morgan fingerprint density at radius 1 is 1.47 bits per heavy atom. The molecule has 0 aliphatic heterocycles. The van der Waals surface area contributed by atoms with Crippen molar-refractivity contribution >= 4 is 21.6 Å². The second-order valence-electron chi connectivity index (χ2n) is 3.53. The van der Waals surface area contributed by atoms with Gasteiger partial charge in [-0.3, -0.25) is 0 Å². The topological polar surface area (TPSA) is 70.0 Å². The Morgan fingerprint density at radius 3 is 2.76 bits per heavy atom. The molecule has 1 aromatic rings. The van der Waals surface area contributed by atoms with Gasteiger partial charge in [0.15, 0.2) is 0 Å². The molecular weight excluding hydrogens is 260 g/mol. The molecule has 1 rings (SSSR count). The predicted octanol–water partition coefficient (Wildman–Crippen LogP) is 1.77. The fourth-order valence-corrected chi connectivity index (χ4v) is 2.79. The summed E-state index contributed by atoms with van der Waals surface area (Å²) in [7, 11) is -3.56. The molecule has 0 aliphatic carbocycles. The summed E-state index contributed by atoms with van der Waals surface area (Å²) in [5.74, 6) is 0.403. The Hall–Kier alpha value is -1.09. The number of nitriles is 1. The molecule has 1 aromatic carbocycles. The number of rotatable bonds is 5. The van der Waals surface area contributed by atoms with E-state index in [0.717, 1.165) is 0 Å². The summed E-state index contributed by atoms with van der Waals surface area (Å²) >= 11 is 5.48. The van der Waals surface area contributed by atoms with E-state index >= 15 is 0 Å². The largest absolute Gasteiger partial charge is 0.240 e. The first-order chi connectivity index (χ1) is 8.01. The van der Waals surface area contributed by atoms with Gasteiger partial charge in [-0.2, -0.15) is 5.26 Å². The maximum atomic E-state index is 11.9. The molecule has 6 heteroatoms. The summed E-state index contributed by atoms with van der Waals surface area (Å²) in [5.41, 5.74) is 0.940. The average molecular weight is 273 g/mol. The zero-order chi connectivity index (χ0) is 12.9. The Labute approximate surface area is 106 Å². The number of hydrogen-bond acceptors (Lipinski definition) is 3. The van der Waals surface area contributed by atoms with E-state index in [0.29, 0.717) is 30.0 Å². The number of aryl methyl sites for hydroxylation is 1. The molecule has 0 saturated heterocycles. The molecule has 92 valence electrons. The van der Waals surface area contributed by atoms with Crippen LogP contribution in [0.4, 0.5) is 0 Å². The van der Waals surface area contributed by atoms with Crippen molar-refractivity contribution in [3.63, 3.8) is 0 Å². The Morgan fingerprint density at radius 2 is 2.18 bits per heavy atom. The monoisotopic (exact) mass is 272 g/mol. The highest BCUT2D eigenvalue weighted by molar-refractivity contribution is 7.89. The third-order valence-corrected chi connectivity index (χ3v) is 4.08. The average Bonchev–Trinajstić information content (AvgIpc) is 2.29. The third-order valence-electron chi connectivity index (χ3n) is 2.21. The minimum absolute atomic E-state index is 0.145. The highest BCUT2D eigenvalue weighted by Gasteiger charge is 2.16. The quantitative estimate of drug-likeness (QED) is 0.656. The molecule has 0 amide bonds. The first-order valence-electron chi connectivity index (χ1n) is 5.07. The van der Waals surface area contributed by atoms with E-state index in [1.807, 2.05) is 6.07 Å². The summed E-state index contributed by atoms with van der Waals surface area (Å²) < 4.78 is 26.3. The van der Waals surface area contributed by atoms with Crippen molar-refractivity contribution in [1.82, 2.24) is 4.72 Å². The van der Waals surface area contributed by atoms with Crippen molar-refractivity contribution in [1.29, 1.82) is 5.26 Å². The highest BCUT2D eigenvalue weighted by atomic mass is 35.5. The van der Waals surface area contributed by atoms with E-state index in [-0.39, 0.29) is 4.90 Å². The second-order valence-corrected chi connectivity index (χ2v) is 5.65. The zero-order valence-electron chi connectivity index (χ0n) is 9.40. The predicted molar refractivity (Wildman–Crippen MR) is 66.4 cm³/mol. The normalized spacial score (nSPS) is 11.1. The van der Waals surface area contributed by atoms with E-state index in [2.05, 4.69) is 4.72 Å². The van der Waals surface area contributed by atoms with E-state index < -0.39 is 10.0 Å². The lowest BCUT2D eigenvalue weighted by Crippen LogP contribution is -2.25. The fourth-order valence-electron chi connectivity index (χ4n) is 1.31. The van der Waals surface area contributed by atoms with E-state index in [4.69, 9.17) is 16.9 Å². The fraction of sp³-hybridized carbons (Fsp3) is 0.364. The van der Waals surface area contributed by atoms with Crippen LogP contribution in [0.3, 0.4) is 0 Å². The number of nitrogens with zero attached hydrogens (tertiary/aromatic N) is 1. The van der Waals surface area contributed by atoms with Crippen LogP contribution in [0.5, 0.6) is 0 Å². The van der Waals surface area contributed by atoms with Crippen LogP contribution >= 0.6 is 11.6 Å². The lowest BCUT2D eigenvalue weighted by atomic mass is 10.2. The number of benzene rings is 1. The Kier molecular flexibility index (Phi) is 4.94. The van der Waals surface area contributed by atoms with Gasteiger partial charge in [-0.25, -0.2) is 13.1 Å². The van der Waals surface area contributed by atoms with Crippen LogP contribution in [-0.2, 0) is 10.0 Å². The number of sulfonamides is 1. The molecule has 0 radical (unpaired) electrons. The van der Waals surface area contributed by atoms with Crippen LogP contribution in [-0.4, -0.2) is 20.8 Å². The maximum Gasteiger partial charge on any atom is 0.240 e. The molecule has 0 atom stereocenters. The van der Waals surface area contributed by atoms with Crippen LogP contribution in [0, 0.1) is 18.3 Å². The van der Waals surface area contributed by atoms with Gasteiger partial charge in [0.25, 0.3) is 0 Å². The standard InChI is InChI=1S/C11H13ClN2O2S/c1-9-3-4-10(8-13)7-11(9)17(15,16)14-6-2-5-12/h3-4,7,14H,2,5-6H2,1H3. The van der Waals surface area contributed by atoms with Crippen molar-refractivity contribution in [2.45, 2.75) is 18.2 Å². The first kappa shape index (κ1) is 14.0. The van der Waals surface area contributed by atoms with Gasteiger partial charge in [0.05, 0.1) is 16.5 Å². The highest BCUT2D eigenvalue weighted by Crippen LogP contribution is 2.16. The van der Waals surface area contributed by atoms with Gasteiger partial charge < -0.3 is 0 Å². The van der Waals surface area contributed by atoms with E-state index in [9.17, 15) is 8.42 Å². The number of alkyl halides is 1. The lowest BCUT2D eigenvalue weighted by molar-refractivity contribution is 0.580. The van der Waals surface area contributed by atoms with E-state index in [1.54, 1.807) is 19.1 Å². The molecule has 0 bridgehead atoms. The van der Waals surface area contributed by atoms with Crippen LogP contribution in [0.15, 0.2) is 23.1 Å². The Balaban J connectivity index is 3.02. The summed E-state index contributed by atoms with van der Waals surface area (Å²) in [4.78, 5) is 0.145. The summed E-state index contributed by atoms with van der Waals surface area (Å²) in [6.07, 6.45) is 0.567. The Bertz CT molecular complexity index is 535. The van der Waals surface area contributed by atoms with Gasteiger partial charge in [0, 0.05) is 12.4 Å². The first-order valence-corrected chi connectivity index (χ1v) is 7.09. The minimum Gasteiger partial charge on any atom is -0.211 e. The summed E-state index contributed by atoms with van der Waals surface area (Å²) in [6, 6.07) is 6.50. The number of halogens is 1. The molecule has 0 saturated carbocycles. The van der Waals surface area contributed by atoms with E-state index in [1.165, 1.54) is 6.07 Å². The molecule has 17 heavy (non-hydrogen) atoms. The lowest BCUT2D eigenvalue weighted by Gasteiger charge is -2.08. The van der Waals surface area contributed by atoms with Crippen LogP contribution < -0.4 is 4.72 Å². The van der Waals surface area contributed by atoms with Gasteiger partial charge in [-0.15, -0.1) is 11.6 Å². The third kappa shape index (κ3) is 3.70. The number of nitrogens with one attached hydrogen (secondary N) is 1. The van der Waals surface area contributed by atoms with Gasteiger partial charge in [0.1, 0.15) is 0 Å². The van der Waals surface area contributed by atoms with Gasteiger partial charge in [-0.1, -0.05) is 6.07 Å². The van der Waals surface area contributed by atoms with Gasteiger partial charge in [0.2, 0.25) is 10.0 Å². The summed E-state index contributed by atoms with van der Waals surface area (Å²) in [5, 5.41) is 8.75. The molecule has 0 unspecified atom stereocenters. The molecule has 0 heterocycles. The van der Waals surface area contributed by atoms with Crippen molar-refractivity contribution in [2.24, 2.45) is 0 Å². The van der Waals surface area contributed by atoms with Crippen molar-refractivity contribution in [3.05, 3.63) is 29.3 Å². The van der Waals surface area contributed by atoms with Gasteiger partial charge >= 0.3 is 0 Å². The van der Waals surface area contributed by atoms with Crippen LogP contribution in [0.25, 0.3) is 0 Å². The van der Waals surface area contributed by atoms with Crippen molar-refractivity contribution < 1.29 is 8.42 Å². The summed E-state index contributed by atoms with van der Waals surface area (Å²) in [6.45, 7) is 1.99. The molecular formula is C11H13ClN2O2S. The molecule has 0 aliphatic rings. The minimum atomic E-state index is -3.56. The smallest absolute Gasteiger partial charge is 0.211 e. The number of hydrogen-bond donors (Lipinski definition) is 1. The SMILES string of the molecule is Cc1ccc(C#N)cc1S(=O)(=O)NCCCCl. The second kappa shape index (κ2) is 6.01.